The second-order valence-corrected chi connectivity index (χ2v) is 6.26. The van der Waals surface area contributed by atoms with Gasteiger partial charge in [-0.3, -0.25) is 0 Å². The lowest BCUT2D eigenvalue weighted by Crippen LogP contribution is -2.45. The number of hydrogen-bond donors (Lipinski definition) is 1. The van der Waals surface area contributed by atoms with Crippen LogP contribution in [-0.4, -0.2) is 13.1 Å². The third-order valence-corrected chi connectivity index (χ3v) is 5.59. The number of halogens is 1. The predicted octanol–water partition coefficient (Wildman–Crippen LogP) is 4.10. The van der Waals surface area contributed by atoms with Crippen molar-refractivity contribution >= 4 is 0 Å². The number of hydrogen-bond acceptors (Lipinski definition) is 1. The van der Waals surface area contributed by atoms with Gasteiger partial charge < -0.3 is 5.32 Å². The van der Waals surface area contributed by atoms with Gasteiger partial charge in [0.25, 0.3) is 0 Å². The van der Waals surface area contributed by atoms with E-state index in [-0.39, 0.29) is 5.82 Å². The Labute approximate surface area is 115 Å². The first-order valence-corrected chi connectivity index (χ1v) is 7.73. The Morgan fingerprint density at radius 2 is 2.16 bits per heavy atom. The van der Waals surface area contributed by atoms with Gasteiger partial charge in [-0.25, -0.2) is 4.39 Å². The Hall–Kier alpha value is -0.890. The Morgan fingerprint density at radius 3 is 2.95 bits per heavy atom. The smallest absolute Gasteiger partial charge is 0.126 e. The largest absolute Gasteiger partial charge is 0.316 e. The second-order valence-electron chi connectivity index (χ2n) is 6.26. The Kier molecular flexibility index (Phi) is 3.62. The minimum atomic E-state index is -0.0164. The molecule has 1 heterocycles. The van der Waals surface area contributed by atoms with Crippen LogP contribution < -0.4 is 5.32 Å². The second kappa shape index (κ2) is 5.24. The lowest BCUT2D eigenvalue weighted by Gasteiger charge is -2.46. The molecule has 1 saturated heterocycles. The summed E-state index contributed by atoms with van der Waals surface area (Å²) >= 11 is 0. The number of nitrogens with one attached hydrogen (secondary N) is 1. The maximum Gasteiger partial charge on any atom is 0.126 e. The summed E-state index contributed by atoms with van der Waals surface area (Å²) in [5, 5.41) is 3.49. The maximum absolute atomic E-state index is 14.2. The molecule has 1 N–H and O–H groups in total. The third kappa shape index (κ3) is 2.10. The van der Waals surface area contributed by atoms with E-state index in [1.54, 1.807) is 12.1 Å². The van der Waals surface area contributed by atoms with Crippen LogP contribution in [0.3, 0.4) is 0 Å². The fourth-order valence-electron chi connectivity index (χ4n) is 4.69. The van der Waals surface area contributed by atoms with Gasteiger partial charge in [0.1, 0.15) is 5.82 Å². The van der Waals surface area contributed by atoms with Crippen molar-refractivity contribution in [1.29, 1.82) is 0 Å². The summed E-state index contributed by atoms with van der Waals surface area (Å²) in [5.41, 5.74) is 1.29. The van der Waals surface area contributed by atoms with Crippen molar-refractivity contribution in [1.82, 2.24) is 5.32 Å². The first-order valence-electron chi connectivity index (χ1n) is 7.73. The van der Waals surface area contributed by atoms with E-state index in [0.717, 1.165) is 24.6 Å². The zero-order valence-electron chi connectivity index (χ0n) is 11.8. The van der Waals surface area contributed by atoms with Crippen LogP contribution in [0.4, 0.5) is 4.39 Å². The molecular formula is C17H24FN. The van der Waals surface area contributed by atoms with Gasteiger partial charge in [-0.2, -0.15) is 0 Å². The van der Waals surface area contributed by atoms with Crippen molar-refractivity contribution in [2.24, 2.45) is 11.3 Å². The zero-order valence-corrected chi connectivity index (χ0v) is 11.8. The summed E-state index contributed by atoms with van der Waals surface area (Å²) in [6.45, 7) is 4.34. The molecule has 2 aliphatic rings. The molecule has 3 unspecified atom stereocenters. The van der Waals surface area contributed by atoms with Gasteiger partial charge in [-0.1, -0.05) is 38.0 Å². The molecule has 1 nitrogen and oxygen atoms in total. The average Bonchev–Trinajstić information content (AvgIpc) is 2.83. The molecule has 3 rings (SSSR count). The minimum absolute atomic E-state index is 0.0164. The van der Waals surface area contributed by atoms with E-state index in [4.69, 9.17) is 0 Å². The number of piperidine rings is 1. The molecule has 3 atom stereocenters. The van der Waals surface area contributed by atoms with E-state index in [9.17, 15) is 4.39 Å². The van der Waals surface area contributed by atoms with Crippen LogP contribution in [0.5, 0.6) is 0 Å². The predicted molar refractivity (Wildman–Crippen MR) is 76.7 cm³/mol. The molecular weight excluding hydrogens is 237 g/mol. The fraction of sp³-hybridized carbons (Fsp3) is 0.647. The average molecular weight is 261 g/mol. The first kappa shape index (κ1) is 13.1. The van der Waals surface area contributed by atoms with E-state index in [0.29, 0.717) is 11.3 Å². The number of benzene rings is 1. The summed E-state index contributed by atoms with van der Waals surface area (Å²) in [5.74, 6) is 1.12. The highest BCUT2D eigenvalue weighted by atomic mass is 19.1. The standard InChI is InChI=1S/C17H24FN/c1-2-13-6-5-9-17(13)10-11-19-12-15(17)14-7-3-4-8-16(14)18/h3-4,7-8,13,15,19H,2,5-6,9-12H2,1H3. The van der Waals surface area contributed by atoms with Crippen molar-refractivity contribution in [3.63, 3.8) is 0 Å². The first-order chi connectivity index (χ1) is 9.28. The highest BCUT2D eigenvalue weighted by Gasteiger charge is 2.49. The molecule has 1 saturated carbocycles. The molecule has 0 radical (unpaired) electrons. The summed E-state index contributed by atoms with van der Waals surface area (Å²) in [7, 11) is 0. The lowest BCUT2D eigenvalue weighted by molar-refractivity contribution is 0.101. The molecule has 104 valence electrons. The highest BCUT2D eigenvalue weighted by molar-refractivity contribution is 5.26. The lowest BCUT2D eigenvalue weighted by atomic mass is 9.61. The van der Waals surface area contributed by atoms with E-state index in [1.165, 1.54) is 32.1 Å². The van der Waals surface area contributed by atoms with Gasteiger partial charge in [0.05, 0.1) is 0 Å². The molecule has 0 amide bonds. The van der Waals surface area contributed by atoms with Crippen molar-refractivity contribution in [3.05, 3.63) is 35.6 Å². The molecule has 1 aliphatic heterocycles. The van der Waals surface area contributed by atoms with Crippen LogP contribution in [-0.2, 0) is 0 Å². The molecule has 1 aromatic rings. The summed E-state index contributed by atoms with van der Waals surface area (Å²) < 4.78 is 14.2. The molecule has 2 heteroatoms. The quantitative estimate of drug-likeness (QED) is 0.845. The highest BCUT2D eigenvalue weighted by Crippen LogP contribution is 2.57. The van der Waals surface area contributed by atoms with Gasteiger partial charge in [0, 0.05) is 12.5 Å². The normalized spacial score (nSPS) is 34.8. The molecule has 1 spiro atoms. The van der Waals surface area contributed by atoms with Crippen molar-refractivity contribution in [2.45, 2.75) is 44.9 Å². The number of rotatable bonds is 2. The van der Waals surface area contributed by atoms with Gasteiger partial charge in [0.15, 0.2) is 0 Å². The SMILES string of the molecule is CCC1CCCC12CCNCC2c1ccccc1F. The van der Waals surface area contributed by atoms with Crippen LogP contribution in [0.15, 0.2) is 24.3 Å². The topological polar surface area (TPSA) is 12.0 Å². The van der Waals surface area contributed by atoms with Crippen molar-refractivity contribution in [2.75, 3.05) is 13.1 Å². The van der Waals surface area contributed by atoms with Crippen LogP contribution in [0.1, 0.15) is 50.5 Å². The minimum Gasteiger partial charge on any atom is -0.316 e. The monoisotopic (exact) mass is 261 g/mol. The Bertz CT molecular complexity index is 445. The van der Waals surface area contributed by atoms with Crippen molar-refractivity contribution < 1.29 is 4.39 Å². The molecule has 2 fully saturated rings. The van der Waals surface area contributed by atoms with Gasteiger partial charge >= 0.3 is 0 Å². The maximum atomic E-state index is 14.2. The molecule has 0 bridgehead atoms. The van der Waals surface area contributed by atoms with Gasteiger partial charge in [0.2, 0.25) is 0 Å². The summed E-state index contributed by atoms with van der Waals surface area (Å²) in [6, 6.07) is 7.40. The molecule has 19 heavy (non-hydrogen) atoms. The van der Waals surface area contributed by atoms with E-state index < -0.39 is 0 Å². The molecule has 0 aromatic heterocycles. The Morgan fingerprint density at radius 1 is 1.32 bits per heavy atom. The summed E-state index contributed by atoms with van der Waals surface area (Å²) in [4.78, 5) is 0. The van der Waals surface area contributed by atoms with Crippen molar-refractivity contribution in [3.8, 4) is 0 Å². The molecule has 1 aromatic carbocycles. The van der Waals surface area contributed by atoms with E-state index >= 15 is 0 Å². The molecule has 1 aliphatic carbocycles. The van der Waals surface area contributed by atoms with Gasteiger partial charge in [-0.15, -0.1) is 0 Å². The van der Waals surface area contributed by atoms with Crippen LogP contribution in [0.25, 0.3) is 0 Å². The van der Waals surface area contributed by atoms with Gasteiger partial charge in [-0.05, 0) is 48.8 Å². The van der Waals surface area contributed by atoms with E-state index in [2.05, 4.69) is 12.2 Å². The third-order valence-electron chi connectivity index (χ3n) is 5.59. The fourth-order valence-corrected chi connectivity index (χ4v) is 4.69. The summed E-state index contributed by atoms with van der Waals surface area (Å²) in [6.07, 6.45) is 6.40. The van der Waals surface area contributed by atoms with Crippen LogP contribution >= 0.6 is 0 Å². The van der Waals surface area contributed by atoms with Crippen LogP contribution in [0, 0.1) is 17.2 Å². The zero-order chi connectivity index (χ0) is 13.3. The van der Waals surface area contributed by atoms with Crippen LogP contribution in [0.2, 0.25) is 0 Å². The Balaban J connectivity index is 2.00. The van der Waals surface area contributed by atoms with E-state index in [1.807, 2.05) is 12.1 Å².